The van der Waals surface area contributed by atoms with Crippen LogP contribution in [0.25, 0.3) is 0 Å². The van der Waals surface area contributed by atoms with Gasteiger partial charge in [0.2, 0.25) is 0 Å². The summed E-state index contributed by atoms with van der Waals surface area (Å²) in [6, 6.07) is 0. The molecule has 0 bridgehead atoms. The predicted octanol–water partition coefficient (Wildman–Crippen LogP) is 3.88. The lowest BCUT2D eigenvalue weighted by Crippen LogP contribution is -2.24. The average molecular weight is 264 g/mol. The Labute approximate surface area is 107 Å². The van der Waals surface area contributed by atoms with Crippen LogP contribution < -0.4 is 0 Å². The molecule has 17 heavy (non-hydrogen) atoms. The van der Waals surface area contributed by atoms with Crippen molar-refractivity contribution in [1.82, 2.24) is 0 Å². The minimum absolute atomic E-state index is 0.295. The molecule has 0 aromatic rings. The Bertz CT molecular complexity index is 260. The van der Waals surface area contributed by atoms with Crippen molar-refractivity contribution in [2.45, 2.75) is 77.4 Å². The van der Waals surface area contributed by atoms with Crippen LogP contribution in [0.2, 0.25) is 0 Å². The molecule has 104 valence electrons. The van der Waals surface area contributed by atoms with Gasteiger partial charge in [0.1, 0.15) is 0 Å². The van der Waals surface area contributed by atoms with Crippen molar-refractivity contribution in [3.8, 4) is 0 Å². The molecule has 0 heterocycles. The molecule has 0 fully saturated rings. The van der Waals surface area contributed by atoms with Crippen LogP contribution in [0, 0.1) is 0 Å². The molecule has 0 radical (unpaired) electrons. The van der Waals surface area contributed by atoms with Crippen molar-refractivity contribution in [2.24, 2.45) is 0 Å². The first-order valence-corrected chi connectivity index (χ1v) is 8.43. The Morgan fingerprint density at radius 1 is 0.882 bits per heavy atom. The summed E-state index contributed by atoms with van der Waals surface area (Å²) in [6.45, 7) is 6.52. The van der Waals surface area contributed by atoms with Gasteiger partial charge in [-0.05, 0) is 19.3 Å². The SMILES string of the molecule is CCCCCC(CCC)S(=O)(=O)OCCCC. The van der Waals surface area contributed by atoms with Crippen LogP contribution in [0.3, 0.4) is 0 Å². The molecule has 4 heteroatoms. The first-order valence-electron chi connectivity index (χ1n) is 6.96. The highest BCUT2D eigenvalue weighted by Crippen LogP contribution is 2.18. The highest BCUT2D eigenvalue weighted by atomic mass is 32.2. The number of hydrogen-bond acceptors (Lipinski definition) is 3. The number of hydrogen-bond donors (Lipinski definition) is 0. The fourth-order valence-electron chi connectivity index (χ4n) is 1.79. The topological polar surface area (TPSA) is 43.4 Å². The Balaban J connectivity index is 4.23. The number of unbranched alkanes of at least 4 members (excludes halogenated alkanes) is 3. The quantitative estimate of drug-likeness (QED) is 0.420. The largest absolute Gasteiger partial charge is 0.270 e. The zero-order valence-corrected chi connectivity index (χ0v) is 12.4. The summed E-state index contributed by atoms with van der Waals surface area (Å²) in [7, 11) is -3.34. The van der Waals surface area contributed by atoms with Crippen LogP contribution in [0.5, 0.6) is 0 Å². The average Bonchev–Trinajstić information content (AvgIpc) is 2.28. The van der Waals surface area contributed by atoms with Gasteiger partial charge in [0.15, 0.2) is 0 Å². The molecule has 0 aliphatic carbocycles. The van der Waals surface area contributed by atoms with Crippen molar-refractivity contribution in [1.29, 1.82) is 0 Å². The lowest BCUT2D eigenvalue weighted by molar-refractivity contribution is 0.301. The molecule has 1 unspecified atom stereocenters. The van der Waals surface area contributed by atoms with Crippen LogP contribution in [0.4, 0.5) is 0 Å². The molecule has 0 aliphatic rings. The van der Waals surface area contributed by atoms with Gasteiger partial charge in [-0.1, -0.05) is 52.9 Å². The second kappa shape index (κ2) is 9.89. The van der Waals surface area contributed by atoms with E-state index >= 15 is 0 Å². The van der Waals surface area contributed by atoms with Crippen molar-refractivity contribution >= 4 is 10.1 Å². The molecule has 0 saturated carbocycles. The van der Waals surface area contributed by atoms with Crippen LogP contribution in [0.15, 0.2) is 0 Å². The molecular weight excluding hydrogens is 236 g/mol. The Morgan fingerprint density at radius 3 is 2.06 bits per heavy atom. The van der Waals surface area contributed by atoms with Crippen molar-refractivity contribution in [3.63, 3.8) is 0 Å². The zero-order valence-electron chi connectivity index (χ0n) is 11.6. The van der Waals surface area contributed by atoms with E-state index in [-0.39, 0.29) is 5.25 Å². The second-order valence-corrected chi connectivity index (χ2v) is 6.46. The third-order valence-corrected chi connectivity index (χ3v) is 4.68. The molecule has 0 aromatic carbocycles. The maximum Gasteiger partial charge on any atom is 0.270 e. The molecule has 0 rings (SSSR count). The van der Waals surface area contributed by atoms with Crippen LogP contribution >= 0.6 is 0 Å². The molecule has 0 saturated heterocycles. The lowest BCUT2D eigenvalue weighted by atomic mass is 10.1. The van der Waals surface area contributed by atoms with Gasteiger partial charge in [-0.15, -0.1) is 0 Å². The van der Waals surface area contributed by atoms with E-state index in [4.69, 9.17) is 4.18 Å². The molecule has 0 spiro atoms. The summed E-state index contributed by atoms with van der Waals surface area (Å²) >= 11 is 0. The van der Waals surface area contributed by atoms with E-state index in [2.05, 4.69) is 6.92 Å². The van der Waals surface area contributed by atoms with Crippen molar-refractivity contribution < 1.29 is 12.6 Å². The molecule has 0 aromatic heterocycles. The van der Waals surface area contributed by atoms with Crippen molar-refractivity contribution in [3.05, 3.63) is 0 Å². The summed E-state index contributed by atoms with van der Waals surface area (Å²) in [5.74, 6) is 0. The van der Waals surface area contributed by atoms with Gasteiger partial charge >= 0.3 is 0 Å². The van der Waals surface area contributed by atoms with E-state index in [0.717, 1.165) is 51.4 Å². The van der Waals surface area contributed by atoms with E-state index in [9.17, 15) is 8.42 Å². The molecule has 3 nitrogen and oxygen atoms in total. The zero-order chi connectivity index (χ0) is 13.1. The standard InChI is InChI=1S/C13H28O3S/c1-4-7-9-11-13(10-6-3)17(14,15)16-12-8-5-2/h13H,4-12H2,1-3H3. The van der Waals surface area contributed by atoms with Gasteiger partial charge in [-0.25, -0.2) is 0 Å². The van der Waals surface area contributed by atoms with Gasteiger partial charge in [0, 0.05) is 0 Å². The summed E-state index contributed by atoms with van der Waals surface area (Å²) in [5.41, 5.74) is 0. The minimum Gasteiger partial charge on any atom is -0.270 e. The van der Waals surface area contributed by atoms with Crippen LogP contribution in [0.1, 0.15) is 72.1 Å². The fourth-order valence-corrected chi connectivity index (χ4v) is 3.31. The lowest BCUT2D eigenvalue weighted by Gasteiger charge is -2.16. The van der Waals surface area contributed by atoms with Gasteiger partial charge in [0.05, 0.1) is 11.9 Å². The molecule has 0 amide bonds. The highest BCUT2D eigenvalue weighted by molar-refractivity contribution is 7.87. The molecule has 1 atom stereocenters. The Morgan fingerprint density at radius 2 is 1.53 bits per heavy atom. The molecule has 0 N–H and O–H groups in total. The highest BCUT2D eigenvalue weighted by Gasteiger charge is 2.24. The number of rotatable bonds is 11. The monoisotopic (exact) mass is 264 g/mol. The van der Waals surface area contributed by atoms with Crippen LogP contribution in [-0.2, 0) is 14.3 Å². The third kappa shape index (κ3) is 7.77. The van der Waals surface area contributed by atoms with Crippen molar-refractivity contribution in [2.75, 3.05) is 6.61 Å². The van der Waals surface area contributed by atoms with Gasteiger partial charge in [-0.3, -0.25) is 4.18 Å². The maximum absolute atomic E-state index is 12.0. The first kappa shape index (κ1) is 16.9. The summed E-state index contributed by atoms with van der Waals surface area (Å²) in [4.78, 5) is 0. The Hall–Kier alpha value is -0.0900. The van der Waals surface area contributed by atoms with E-state index in [1.165, 1.54) is 0 Å². The summed E-state index contributed by atoms with van der Waals surface area (Å²) in [6.07, 6.45) is 7.34. The van der Waals surface area contributed by atoms with E-state index < -0.39 is 10.1 Å². The normalized spacial score (nSPS) is 13.8. The summed E-state index contributed by atoms with van der Waals surface area (Å²) < 4.78 is 29.0. The third-order valence-electron chi connectivity index (χ3n) is 2.89. The van der Waals surface area contributed by atoms with Crippen LogP contribution in [-0.4, -0.2) is 20.3 Å². The van der Waals surface area contributed by atoms with Gasteiger partial charge < -0.3 is 0 Å². The summed E-state index contributed by atoms with van der Waals surface area (Å²) in [5, 5.41) is -0.295. The van der Waals surface area contributed by atoms with E-state index in [0.29, 0.717) is 6.61 Å². The molecular formula is C13H28O3S. The van der Waals surface area contributed by atoms with E-state index in [1.807, 2.05) is 13.8 Å². The van der Waals surface area contributed by atoms with Gasteiger partial charge in [-0.2, -0.15) is 8.42 Å². The Kier molecular flexibility index (Phi) is 9.84. The molecule has 0 aliphatic heterocycles. The maximum atomic E-state index is 12.0. The first-order chi connectivity index (χ1) is 8.08. The van der Waals surface area contributed by atoms with E-state index in [1.54, 1.807) is 0 Å². The fraction of sp³-hybridized carbons (Fsp3) is 1.00. The second-order valence-electron chi connectivity index (χ2n) is 4.57. The van der Waals surface area contributed by atoms with Gasteiger partial charge in [0.25, 0.3) is 10.1 Å². The minimum atomic E-state index is -3.34. The smallest absolute Gasteiger partial charge is 0.270 e. The predicted molar refractivity (Wildman–Crippen MR) is 72.6 cm³/mol.